The van der Waals surface area contributed by atoms with Gasteiger partial charge in [0.2, 0.25) is 0 Å². The lowest BCUT2D eigenvalue weighted by Crippen LogP contribution is -2.30. The third kappa shape index (κ3) is 4.18. The molecule has 1 rings (SSSR count). The molecular weight excluding hydrogens is 200 g/mol. The van der Waals surface area contributed by atoms with E-state index in [9.17, 15) is 0 Å². The van der Waals surface area contributed by atoms with Crippen LogP contribution in [0.1, 0.15) is 39.7 Å². The largest absolute Gasteiger partial charge is 0.407 e. The van der Waals surface area contributed by atoms with E-state index in [0.717, 1.165) is 12.8 Å². The molecule has 1 nitrogen and oxygen atoms in total. The van der Waals surface area contributed by atoms with Crippen molar-refractivity contribution in [2.24, 2.45) is 0 Å². The van der Waals surface area contributed by atoms with E-state index in [-0.39, 0.29) is 5.60 Å². The van der Waals surface area contributed by atoms with Gasteiger partial charge in [0, 0.05) is 0 Å². The van der Waals surface area contributed by atoms with Gasteiger partial charge in [0.15, 0.2) is 0 Å². The number of hydrogen-bond acceptors (Lipinski definition) is 1. The molecule has 2 heteroatoms. The fraction of sp³-hybridized carbons (Fsp3) is 0.538. The summed E-state index contributed by atoms with van der Waals surface area (Å²) in [6.07, 6.45) is 2.15. The van der Waals surface area contributed by atoms with Crippen LogP contribution in [0, 0.1) is 0 Å². The molecule has 0 fully saturated rings. The predicted octanol–water partition coefficient (Wildman–Crippen LogP) is 2.70. The second-order valence-electron chi connectivity index (χ2n) is 4.37. The van der Waals surface area contributed by atoms with Crippen molar-refractivity contribution >= 4 is 14.9 Å². The molecule has 82 valence electrons. The minimum absolute atomic E-state index is 0.00186. The Bertz CT molecular complexity index is 290. The van der Waals surface area contributed by atoms with Gasteiger partial charge in [0.05, 0.1) is 5.60 Å². The van der Waals surface area contributed by atoms with Gasteiger partial charge in [0.1, 0.15) is 0 Å². The molecule has 0 unspecified atom stereocenters. The van der Waals surface area contributed by atoms with Crippen LogP contribution in [0.5, 0.6) is 0 Å². The Morgan fingerprint density at radius 1 is 1.13 bits per heavy atom. The van der Waals surface area contributed by atoms with E-state index in [4.69, 9.17) is 4.43 Å². The van der Waals surface area contributed by atoms with Gasteiger partial charge in [-0.25, -0.2) is 0 Å². The first-order chi connectivity index (χ1) is 7.07. The van der Waals surface area contributed by atoms with Crippen molar-refractivity contribution in [1.29, 1.82) is 0 Å². The monoisotopic (exact) mass is 220 g/mol. The predicted molar refractivity (Wildman–Crippen MR) is 66.7 cm³/mol. The van der Waals surface area contributed by atoms with Gasteiger partial charge >= 0.3 is 0 Å². The molecule has 0 aliphatic heterocycles. The highest BCUT2D eigenvalue weighted by atomic mass is 28.2. The van der Waals surface area contributed by atoms with Gasteiger partial charge in [-0.15, -0.1) is 0 Å². The summed E-state index contributed by atoms with van der Waals surface area (Å²) in [5.74, 6) is 0. The van der Waals surface area contributed by atoms with Gasteiger partial charge in [-0.1, -0.05) is 38.1 Å². The number of rotatable bonds is 5. The highest BCUT2D eigenvalue weighted by Crippen LogP contribution is 2.11. The average Bonchev–Trinajstić information content (AvgIpc) is 2.27. The second-order valence-corrected chi connectivity index (χ2v) is 5.35. The van der Waals surface area contributed by atoms with Gasteiger partial charge in [-0.3, -0.25) is 0 Å². The third-order valence-electron chi connectivity index (χ3n) is 2.66. The number of aryl methyl sites for hydroxylation is 1. The van der Waals surface area contributed by atoms with Crippen molar-refractivity contribution < 1.29 is 4.43 Å². The van der Waals surface area contributed by atoms with Gasteiger partial charge in [-0.05, 0) is 37.4 Å². The summed E-state index contributed by atoms with van der Waals surface area (Å²) in [7, 11) is 0.460. The molecule has 0 atom stereocenters. The summed E-state index contributed by atoms with van der Waals surface area (Å²) in [5.41, 5.74) is 1.39. The molecule has 0 aliphatic carbocycles. The zero-order valence-corrected chi connectivity index (χ0v) is 11.1. The Labute approximate surface area is 95.8 Å². The van der Waals surface area contributed by atoms with Crippen LogP contribution in [0.3, 0.4) is 0 Å². The highest BCUT2D eigenvalue weighted by Gasteiger charge is 2.15. The molecule has 15 heavy (non-hydrogen) atoms. The van der Waals surface area contributed by atoms with Crippen molar-refractivity contribution in [2.45, 2.75) is 46.1 Å². The maximum Gasteiger partial charge on any atom is 0.269 e. The van der Waals surface area contributed by atoms with Crippen LogP contribution in [0.4, 0.5) is 0 Å². The van der Waals surface area contributed by atoms with E-state index in [2.05, 4.69) is 52.0 Å². The summed E-state index contributed by atoms with van der Waals surface area (Å²) in [5, 5.41) is 1.29. The Kier molecular flexibility index (Phi) is 4.55. The quantitative estimate of drug-likeness (QED) is 0.693. The molecule has 0 saturated heterocycles. The molecule has 0 aliphatic rings. The minimum atomic E-state index is 0.00186. The smallest absolute Gasteiger partial charge is 0.269 e. The maximum atomic E-state index is 5.87. The van der Waals surface area contributed by atoms with Gasteiger partial charge in [0.25, 0.3) is 9.76 Å². The van der Waals surface area contributed by atoms with Crippen LogP contribution >= 0.6 is 0 Å². The van der Waals surface area contributed by atoms with Crippen molar-refractivity contribution in [3.8, 4) is 0 Å². The van der Waals surface area contributed by atoms with Crippen molar-refractivity contribution in [3.63, 3.8) is 0 Å². The molecule has 1 aromatic rings. The topological polar surface area (TPSA) is 9.23 Å². The Hall–Kier alpha value is -0.603. The summed E-state index contributed by atoms with van der Waals surface area (Å²) < 4.78 is 5.87. The molecule has 2 radical (unpaired) electrons. The van der Waals surface area contributed by atoms with Crippen molar-refractivity contribution in [3.05, 3.63) is 29.8 Å². The molecule has 0 bridgehead atoms. The summed E-state index contributed by atoms with van der Waals surface area (Å²) in [6.45, 7) is 8.61. The Morgan fingerprint density at radius 3 is 2.20 bits per heavy atom. The number of benzene rings is 1. The second kappa shape index (κ2) is 5.47. The summed E-state index contributed by atoms with van der Waals surface area (Å²) >= 11 is 0. The average molecular weight is 220 g/mol. The van der Waals surface area contributed by atoms with Crippen LogP contribution in [-0.4, -0.2) is 15.4 Å². The maximum absolute atomic E-state index is 5.87. The molecule has 0 heterocycles. The molecule has 0 saturated carbocycles. The van der Waals surface area contributed by atoms with Crippen LogP contribution < -0.4 is 5.19 Å². The standard InChI is InChI=1S/C13H20OSi/c1-5-11-7-9-12(10-8-11)15-14-13(3,4)6-2/h7-10H,5-6H2,1-4H3. The Balaban J connectivity index is 2.51. The van der Waals surface area contributed by atoms with E-state index in [1.54, 1.807) is 0 Å². The zero-order valence-electron chi connectivity index (χ0n) is 10.1. The van der Waals surface area contributed by atoms with Gasteiger partial charge in [-0.2, -0.15) is 0 Å². The lowest BCUT2D eigenvalue weighted by atomic mass is 10.1. The number of hydrogen-bond donors (Lipinski definition) is 0. The summed E-state index contributed by atoms with van der Waals surface area (Å²) in [4.78, 5) is 0. The van der Waals surface area contributed by atoms with E-state index in [1.807, 2.05) is 0 Å². The lowest BCUT2D eigenvalue weighted by molar-refractivity contribution is 0.114. The van der Waals surface area contributed by atoms with E-state index >= 15 is 0 Å². The summed E-state index contributed by atoms with van der Waals surface area (Å²) in [6, 6.07) is 8.71. The Morgan fingerprint density at radius 2 is 1.73 bits per heavy atom. The molecule has 0 N–H and O–H groups in total. The first kappa shape index (κ1) is 12.5. The molecule has 1 aromatic carbocycles. The molecular formula is C13H20OSi. The first-order valence-corrected chi connectivity index (χ1v) is 6.51. The fourth-order valence-corrected chi connectivity index (χ4v) is 1.92. The van der Waals surface area contributed by atoms with Crippen molar-refractivity contribution in [2.75, 3.05) is 0 Å². The third-order valence-corrected chi connectivity index (χ3v) is 3.88. The van der Waals surface area contributed by atoms with Crippen LogP contribution in [0.25, 0.3) is 0 Å². The van der Waals surface area contributed by atoms with E-state index < -0.39 is 0 Å². The lowest BCUT2D eigenvalue weighted by Gasteiger charge is -2.23. The zero-order chi connectivity index (χ0) is 11.3. The minimum Gasteiger partial charge on any atom is -0.407 e. The fourth-order valence-electron chi connectivity index (χ4n) is 1.08. The van der Waals surface area contributed by atoms with Crippen molar-refractivity contribution in [1.82, 2.24) is 0 Å². The van der Waals surface area contributed by atoms with Crippen LogP contribution in [-0.2, 0) is 10.8 Å². The SMILES string of the molecule is CCc1ccc([Si]OC(C)(C)CC)cc1. The van der Waals surface area contributed by atoms with Crippen LogP contribution in [0.2, 0.25) is 0 Å². The van der Waals surface area contributed by atoms with Gasteiger partial charge < -0.3 is 4.43 Å². The van der Waals surface area contributed by atoms with E-state index in [0.29, 0.717) is 9.76 Å². The molecule has 0 spiro atoms. The van der Waals surface area contributed by atoms with Crippen LogP contribution in [0.15, 0.2) is 24.3 Å². The first-order valence-electron chi connectivity index (χ1n) is 5.60. The normalized spacial score (nSPS) is 11.7. The highest BCUT2D eigenvalue weighted by molar-refractivity contribution is 6.47. The van der Waals surface area contributed by atoms with E-state index in [1.165, 1.54) is 10.8 Å². The molecule has 0 amide bonds. The molecule has 0 aromatic heterocycles.